The highest BCUT2D eigenvalue weighted by Gasteiger charge is 2.27. The number of rotatable bonds is 5. The lowest BCUT2D eigenvalue weighted by molar-refractivity contribution is -0.121. The van der Waals surface area contributed by atoms with Crippen LogP contribution in [-0.4, -0.2) is 32.4 Å². The molecule has 1 atom stereocenters. The number of amides is 1. The summed E-state index contributed by atoms with van der Waals surface area (Å²) in [5.41, 5.74) is 0.875. The van der Waals surface area contributed by atoms with E-state index in [-0.39, 0.29) is 23.3 Å². The number of halogens is 2. The summed E-state index contributed by atoms with van der Waals surface area (Å²) in [5, 5.41) is 3.91. The van der Waals surface area contributed by atoms with Gasteiger partial charge in [-0.2, -0.15) is 0 Å². The van der Waals surface area contributed by atoms with Crippen LogP contribution in [0.2, 0.25) is 10.0 Å². The van der Waals surface area contributed by atoms with Gasteiger partial charge in [-0.1, -0.05) is 29.3 Å². The fraction of sp³-hybridized carbons (Fsp3) is 0.500. The van der Waals surface area contributed by atoms with E-state index in [9.17, 15) is 13.2 Å². The lowest BCUT2D eigenvalue weighted by atomic mass is 10.1. The minimum Gasteiger partial charge on any atom is -0.356 e. The highest BCUT2D eigenvalue weighted by Crippen LogP contribution is 2.22. The van der Waals surface area contributed by atoms with Crippen LogP contribution in [0.15, 0.2) is 18.2 Å². The molecule has 1 N–H and O–H groups in total. The first kappa shape index (κ1) is 16.6. The maximum absolute atomic E-state index is 11.8. The Kier molecular flexibility index (Phi) is 5.52. The summed E-state index contributed by atoms with van der Waals surface area (Å²) in [6, 6.07) is 5.20. The number of nitrogens with one attached hydrogen (secondary N) is 1. The van der Waals surface area contributed by atoms with E-state index in [4.69, 9.17) is 23.2 Å². The second-order valence-electron chi connectivity index (χ2n) is 5.31. The molecular formula is C14H17Cl2NO3S. The van der Waals surface area contributed by atoms with Crippen LogP contribution >= 0.6 is 23.2 Å². The Labute approximate surface area is 134 Å². The second-order valence-corrected chi connectivity index (χ2v) is 8.38. The average molecular weight is 350 g/mol. The third-order valence-electron chi connectivity index (χ3n) is 3.55. The third kappa shape index (κ3) is 5.16. The summed E-state index contributed by atoms with van der Waals surface area (Å²) < 4.78 is 22.6. The minimum absolute atomic E-state index is 0.0399. The second kappa shape index (κ2) is 6.99. The molecule has 1 aromatic rings. The first-order valence-corrected chi connectivity index (χ1v) is 9.34. The van der Waals surface area contributed by atoms with Crippen molar-refractivity contribution in [1.82, 2.24) is 5.32 Å². The predicted octanol–water partition coefficient (Wildman–Crippen LogP) is 2.48. The van der Waals surface area contributed by atoms with Crippen LogP contribution in [0.25, 0.3) is 0 Å². The van der Waals surface area contributed by atoms with E-state index in [1.165, 1.54) is 0 Å². The Morgan fingerprint density at radius 3 is 2.71 bits per heavy atom. The Bertz CT molecular complexity index is 631. The van der Waals surface area contributed by atoms with Crippen LogP contribution < -0.4 is 5.32 Å². The van der Waals surface area contributed by atoms with Crippen molar-refractivity contribution in [3.8, 4) is 0 Å². The van der Waals surface area contributed by atoms with E-state index < -0.39 is 9.84 Å². The van der Waals surface area contributed by atoms with Gasteiger partial charge in [0.05, 0.1) is 11.5 Å². The van der Waals surface area contributed by atoms with Gasteiger partial charge < -0.3 is 5.32 Å². The number of benzene rings is 1. The van der Waals surface area contributed by atoms with Crippen LogP contribution in [0.5, 0.6) is 0 Å². The van der Waals surface area contributed by atoms with E-state index in [1.807, 2.05) is 6.07 Å². The van der Waals surface area contributed by atoms with Crippen molar-refractivity contribution in [1.29, 1.82) is 0 Å². The Balaban J connectivity index is 1.75. The van der Waals surface area contributed by atoms with E-state index in [0.717, 1.165) is 5.56 Å². The van der Waals surface area contributed by atoms with Gasteiger partial charge in [-0.3, -0.25) is 4.79 Å². The van der Waals surface area contributed by atoms with Crippen LogP contribution in [0.3, 0.4) is 0 Å². The molecule has 0 radical (unpaired) electrons. The molecule has 2 rings (SSSR count). The summed E-state index contributed by atoms with van der Waals surface area (Å²) in [4.78, 5) is 11.8. The maximum Gasteiger partial charge on any atom is 0.220 e. The van der Waals surface area contributed by atoms with Crippen molar-refractivity contribution in [3.05, 3.63) is 33.8 Å². The molecule has 1 heterocycles. The molecule has 1 amide bonds. The van der Waals surface area contributed by atoms with Crippen molar-refractivity contribution in [2.45, 2.75) is 19.3 Å². The molecule has 0 aliphatic carbocycles. The van der Waals surface area contributed by atoms with Gasteiger partial charge in [0.25, 0.3) is 0 Å². The fourth-order valence-corrected chi connectivity index (χ4v) is 4.72. The van der Waals surface area contributed by atoms with Crippen LogP contribution in [0.1, 0.15) is 18.4 Å². The largest absolute Gasteiger partial charge is 0.356 e. The molecule has 21 heavy (non-hydrogen) atoms. The van der Waals surface area contributed by atoms with Crippen molar-refractivity contribution >= 4 is 38.9 Å². The fourth-order valence-electron chi connectivity index (χ4n) is 2.35. The van der Waals surface area contributed by atoms with Gasteiger partial charge in [0.2, 0.25) is 5.91 Å². The predicted molar refractivity (Wildman–Crippen MR) is 84.6 cm³/mol. The number of carbonyl (C=O) groups excluding carboxylic acids is 1. The summed E-state index contributed by atoms with van der Waals surface area (Å²) in [6.07, 6.45) is 1.48. The lowest BCUT2D eigenvalue weighted by Gasteiger charge is -2.10. The lowest BCUT2D eigenvalue weighted by Crippen LogP contribution is -2.29. The molecule has 1 saturated heterocycles. The molecule has 0 spiro atoms. The van der Waals surface area contributed by atoms with Crippen LogP contribution in [-0.2, 0) is 21.1 Å². The Morgan fingerprint density at radius 1 is 1.33 bits per heavy atom. The van der Waals surface area contributed by atoms with Gasteiger partial charge >= 0.3 is 0 Å². The molecule has 0 bridgehead atoms. The van der Waals surface area contributed by atoms with E-state index in [2.05, 4.69) is 5.32 Å². The van der Waals surface area contributed by atoms with Crippen molar-refractivity contribution in [3.63, 3.8) is 0 Å². The summed E-state index contributed by atoms with van der Waals surface area (Å²) in [5.74, 6) is 0.355. The molecule has 1 aromatic carbocycles. The quantitative estimate of drug-likeness (QED) is 0.887. The Hall–Kier alpha value is -0.780. The van der Waals surface area contributed by atoms with E-state index in [1.54, 1.807) is 12.1 Å². The molecule has 0 saturated carbocycles. The molecule has 1 aliphatic heterocycles. The molecule has 1 unspecified atom stereocenters. The van der Waals surface area contributed by atoms with Gasteiger partial charge in [-0.05, 0) is 36.5 Å². The molecule has 7 heteroatoms. The first-order chi connectivity index (χ1) is 9.85. The molecule has 1 aliphatic rings. The standard InChI is InChI=1S/C14H17Cl2NO3S/c15-12-3-1-11(13(16)7-12)2-4-14(18)17-8-10-5-6-21(19,20)9-10/h1,3,7,10H,2,4-6,8-9H2,(H,17,18). The summed E-state index contributed by atoms with van der Waals surface area (Å²) in [6.45, 7) is 0.423. The van der Waals surface area contributed by atoms with E-state index in [0.29, 0.717) is 35.9 Å². The number of hydrogen-bond acceptors (Lipinski definition) is 3. The number of carbonyl (C=O) groups is 1. The van der Waals surface area contributed by atoms with Crippen LogP contribution in [0, 0.1) is 5.92 Å². The zero-order valence-corrected chi connectivity index (χ0v) is 13.8. The van der Waals surface area contributed by atoms with Crippen molar-refractivity contribution in [2.24, 2.45) is 5.92 Å². The maximum atomic E-state index is 11.8. The Morgan fingerprint density at radius 2 is 2.10 bits per heavy atom. The zero-order chi connectivity index (χ0) is 15.5. The highest BCUT2D eigenvalue weighted by molar-refractivity contribution is 7.91. The smallest absolute Gasteiger partial charge is 0.220 e. The average Bonchev–Trinajstić information content (AvgIpc) is 2.75. The van der Waals surface area contributed by atoms with Gasteiger partial charge in [-0.25, -0.2) is 8.42 Å². The molecule has 1 fully saturated rings. The van der Waals surface area contributed by atoms with Crippen molar-refractivity contribution in [2.75, 3.05) is 18.1 Å². The van der Waals surface area contributed by atoms with E-state index >= 15 is 0 Å². The summed E-state index contributed by atoms with van der Waals surface area (Å²) >= 11 is 11.9. The number of sulfone groups is 1. The number of hydrogen-bond donors (Lipinski definition) is 1. The zero-order valence-electron chi connectivity index (χ0n) is 11.4. The SMILES string of the molecule is O=C(CCc1ccc(Cl)cc1Cl)NCC1CCS(=O)(=O)C1. The molecular weight excluding hydrogens is 333 g/mol. The molecule has 116 valence electrons. The first-order valence-electron chi connectivity index (χ1n) is 6.77. The topological polar surface area (TPSA) is 63.2 Å². The summed E-state index contributed by atoms with van der Waals surface area (Å²) in [7, 11) is -2.89. The minimum atomic E-state index is -2.89. The monoisotopic (exact) mass is 349 g/mol. The van der Waals surface area contributed by atoms with Gasteiger partial charge in [0.15, 0.2) is 9.84 Å². The third-order valence-corrected chi connectivity index (χ3v) is 5.98. The molecule has 0 aromatic heterocycles. The normalized spacial score (nSPS) is 20.4. The van der Waals surface area contributed by atoms with Gasteiger partial charge in [0, 0.05) is 23.0 Å². The van der Waals surface area contributed by atoms with Crippen molar-refractivity contribution < 1.29 is 13.2 Å². The van der Waals surface area contributed by atoms with Gasteiger partial charge in [-0.15, -0.1) is 0 Å². The number of aryl methyl sites for hydroxylation is 1. The van der Waals surface area contributed by atoms with Gasteiger partial charge in [0.1, 0.15) is 0 Å². The highest BCUT2D eigenvalue weighted by atomic mass is 35.5. The molecule has 4 nitrogen and oxygen atoms in total. The van der Waals surface area contributed by atoms with Crippen LogP contribution in [0.4, 0.5) is 0 Å².